The predicted molar refractivity (Wildman–Crippen MR) is 93.1 cm³/mol. The van der Waals surface area contributed by atoms with Crippen LogP contribution in [0.2, 0.25) is 0 Å². The van der Waals surface area contributed by atoms with Crippen LogP contribution in [0.3, 0.4) is 0 Å². The zero-order valence-corrected chi connectivity index (χ0v) is 13.9. The Morgan fingerprint density at radius 1 is 0.778 bits per heavy atom. The summed E-state index contributed by atoms with van der Waals surface area (Å²) in [6.45, 7) is 0. The number of para-hydroxylation sites is 1. The molecule has 2 aromatic carbocycles. The maximum atomic E-state index is 12.2. The van der Waals surface area contributed by atoms with Gasteiger partial charge in [0.25, 0.3) is 11.8 Å². The molecule has 0 atom stereocenters. The summed E-state index contributed by atoms with van der Waals surface area (Å²) in [5, 5.41) is 0.447. The normalized spacial score (nSPS) is 12.7. The molecule has 0 N–H and O–H groups in total. The standard InChI is InChI=1S/C20H12N2O5/c23-18-15-8-4-5-9-16(15)19(24)22(18)27-20(25)17-11-10-14(12-21-17)26-13-6-2-1-3-7-13/h1-12H. The molecule has 1 aromatic heterocycles. The molecule has 7 heteroatoms. The second kappa shape index (κ2) is 6.72. The Kier molecular flexibility index (Phi) is 4.10. The molecular weight excluding hydrogens is 348 g/mol. The van der Waals surface area contributed by atoms with Crippen molar-refractivity contribution in [3.05, 3.63) is 89.7 Å². The number of benzene rings is 2. The van der Waals surface area contributed by atoms with Crippen molar-refractivity contribution in [2.45, 2.75) is 0 Å². The summed E-state index contributed by atoms with van der Waals surface area (Å²) in [6, 6.07) is 18.3. The molecule has 2 amide bonds. The number of hydrogen-bond acceptors (Lipinski definition) is 6. The topological polar surface area (TPSA) is 85.8 Å². The highest BCUT2D eigenvalue weighted by Crippen LogP contribution is 2.24. The Balaban J connectivity index is 1.46. The number of amides is 2. The third-order valence-corrected chi connectivity index (χ3v) is 3.86. The second-order valence-electron chi connectivity index (χ2n) is 5.62. The largest absolute Gasteiger partial charge is 0.456 e. The molecule has 3 aromatic rings. The fourth-order valence-electron chi connectivity index (χ4n) is 2.57. The number of hydrogen-bond donors (Lipinski definition) is 0. The predicted octanol–water partition coefficient (Wildman–Crippen LogP) is 3.24. The van der Waals surface area contributed by atoms with Gasteiger partial charge in [0.15, 0.2) is 5.69 Å². The lowest BCUT2D eigenvalue weighted by atomic mass is 10.1. The van der Waals surface area contributed by atoms with Crippen LogP contribution in [0.15, 0.2) is 72.9 Å². The van der Waals surface area contributed by atoms with E-state index in [-0.39, 0.29) is 16.8 Å². The third-order valence-electron chi connectivity index (χ3n) is 3.86. The van der Waals surface area contributed by atoms with E-state index in [0.717, 1.165) is 0 Å². The van der Waals surface area contributed by atoms with E-state index in [0.29, 0.717) is 16.6 Å². The van der Waals surface area contributed by atoms with Crippen LogP contribution in [-0.4, -0.2) is 27.8 Å². The molecule has 0 saturated carbocycles. The van der Waals surface area contributed by atoms with Gasteiger partial charge in [-0.15, -0.1) is 0 Å². The van der Waals surface area contributed by atoms with Crippen LogP contribution in [0.25, 0.3) is 0 Å². The fraction of sp³-hybridized carbons (Fsp3) is 0. The molecule has 1 aliphatic rings. The zero-order chi connectivity index (χ0) is 18.8. The van der Waals surface area contributed by atoms with Gasteiger partial charge in [0.2, 0.25) is 0 Å². The SMILES string of the molecule is O=C(ON1C(=O)c2ccccc2C1=O)c1ccc(Oc2ccccc2)cn1. The van der Waals surface area contributed by atoms with Crippen molar-refractivity contribution < 1.29 is 24.0 Å². The Bertz CT molecular complexity index is 997. The molecule has 0 radical (unpaired) electrons. The molecule has 0 fully saturated rings. The molecule has 0 spiro atoms. The zero-order valence-electron chi connectivity index (χ0n) is 13.9. The molecular formula is C20H12N2O5. The number of imide groups is 1. The molecule has 0 bridgehead atoms. The van der Waals surface area contributed by atoms with Crippen molar-refractivity contribution in [3.63, 3.8) is 0 Å². The molecule has 0 aliphatic carbocycles. The van der Waals surface area contributed by atoms with Gasteiger partial charge in [-0.05, 0) is 36.4 Å². The summed E-state index contributed by atoms with van der Waals surface area (Å²) in [4.78, 5) is 45.6. The number of carbonyl (C=O) groups excluding carboxylic acids is 3. The van der Waals surface area contributed by atoms with Gasteiger partial charge < -0.3 is 9.57 Å². The number of rotatable bonds is 4. The lowest BCUT2D eigenvalue weighted by molar-refractivity contribution is -0.0588. The van der Waals surface area contributed by atoms with Crippen molar-refractivity contribution in [2.24, 2.45) is 0 Å². The average molecular weight is 360 g/mol. The number of nitrogens with zero attached hydrogens (tertiary/aromatic N) is 2. The summed E-state index contributed by atoms with van der Waals surface area (Å²) >= 11 is 0. The quantitative estimate of drug-likeness (QED) is 0.664. The maximum absolute atomic E-state index is 12.2. The van der Waals surface area contributed by atoms with E-state index in [1.165, 1.54) is 24.4 Å². The molecule has 0 unspecified atom stereocenters. The highest BCUT2D eigenvalue weighted by Gasteiger charge is 2.38. The Hall–Kier alpha value is -4.00. The van der Waals surface area contributed by atoms with Crippen molar-refractivity contribution in [2.75, 3.05) is 0 Å². The first-order valence-electron chi connectivity index (χ1n) is 8.02. The van der Waals surface area contributed by atoms with Crippen LogP contribution in [0.4, 0.5) is 0 Å². The van der Waals surface area contributed by atoms with Gasteiger partial charge in [0.05, 0.1) is 17.3 Å². The monoisotopic (exact) mass is 360 g/mol. The molecule has 4 rings (SSSR count). The third kappa shape index (κ3) is 3.13. The van der Waals surface area contributed by atoms with E-state index < -0.39 is 17.8 Å². The van der Waals surface area contributed by atoms with Crippen molar-refractivity contribution >= 4 is 17.8 Å². The van der Waals surface area contributed by atoms with E-state index in [2.05, 4.69) is 4.98 Å². The second-order valence-corrected chi connectivity index (χ2v) is 5.62. The molecule has 0 saturated heterocycles. The lowest BCUT2D eigenvalue weighted by Gasteiger charge is -2.12. The summed E-state index contributed by atoms with van der Waals surface area (Å²) in [6.07, 6.45) is 1.35. The molecule has 27 heavy (non-hydrogen) atoms. The number of carbonyl (C=O) groups is 3. The molecule has 7 nitrogen and oxygen atoms in total. The van der Waals surface area contributed by atoms with Gasteiger partial charge in [0, 0.05) is 0 Å². The summed E-state index contributed by atoms with van der Waals surface area (Å²) in [7, 11) is 0. The minimum absolute atomic E-state index is 0.0630. The van der Waals surface area contributed by atoms with E-state index in [1.807, 2.05) is 18.2 Å². The average Bonchev–Trinajstić information content (AvgIpc) is 2.94. The molecule has 2 heterocycles. The first-order valence-corrected chi connectivity index (χ1v) is 8.02. The Morgan fingerprint density at radius 2 is 1.41 bits per heavy atom. The highest BCUT2D eigenvalue weighted by molar-refractivity contribution is 6.21. The molecule has 132 valence electrons. The minimum Gasteiger partial charge on any atom is -0.456 e. The van der Waals surface area contributed by atoms with Gasteiger partial charge in [-0.3, -0.25) is 9.59 Å². The van der Waals surface area contributed by atoms with Crippen LogP contribution in [-0.2, 0) is 4.84 Å². The van der Waals surface area contributed by atoms with Gasteiger partial charge >= 0.3 is 5.97 Å². The van der Waals surface area contributed by atoms with Crippen LogP contribution < -0.4 is 4.74 Å². The van der Waals surface area contributed by atoms with Crippen molar-refractivity contribution in [3.8, 4) is 11.5 Å². The first-order chi connectivity index (χ1) is 13.1. The Labute approximate surface area is 153 Å². The number of fused-ring (bicyclic) bond motifs is 1. The maximum Gasteiger partial charge on any atom is 0.382 e. The van der Waals surface area contributed by atoms with Crippen LogP contribution in [0, 0.1) is 0 Å². The highest BCUT2D eigenvalue weighted by atomic mass is 16.7. The first kappa shape index (κ1) is 16.5. The van der Waals surface area contributed by atoms with E-state index >= 15 is 0 Å². The Morgan fingerprint density at radius 3 is 2.00 bits per heavy atom. The van der Waals surface area contributed by atoms with E-state index in [1.54, 1.807) is 30.3 Å². The van der Waals surface area contributed by atoms with Gasteiger partial charge in [0.1, 0.15) is 11.5 Å². The number of pyridine rings is 1. The lowest BCUT2D eigenvalue weighted by Crippen LogP contribution is -2.32. The van der Waals surface area contributed by atoms with Crippen LogP contribution in [0.5, 0.6) is 11.5 Å². The fourth-order valence-corrected chi connectivity index (χ4v) is 2.57. The van der Waals surface area contributed by atoms with E-state index in [4.69, 9.17) is 9.57 Å². The van der Waals surface area contributed by atoms with Gasteiger partial charge in [-0.2, -0.15) is 0 Å². The number of hydroxylamine groups is 2. The van der Waals surface area contributed by atoms with Crippen LogP contribution >= 0.6 is 0 Å². The minimum atomic E-state index is -0.921. The summed E-state index contributed by atoms with van der Waals surface area (Å²) in [5.74, 6) is -1.24. The van der Waals surface area contributed by atoms with Crippen molar-refractivity contribution in [1.82, 2.24) is 10.0 Å². The number of aromatic nitrogens is 1. The summed E-state index contributed by atoms with van der Waals surface area (Å²) < 4.78 is 5.59. The summed E-state index contributed by atoms with van der Waals surface area (Å²) in [5.41, 5.74) is 0.316. The molecule has 1 aliphatic heterocycles. The van der Waals surface area contributed by atoms with E-state index in [9.17, 15) is 14.4 Å². The smallest absolute Gasteiger partial charge is 0.382 e. The van der Waals surface area contributed by atoms with Gasteiger partial charge in [-0.1, -0.05) is 35.4 Å². The van der Waals surface area contributed by atoms with Gasteiger partial charge in [-0.25, -0.2) is 9.78 Å². The number of ether oxygens (including phenoxy) is 1. The van der Waals surface area contributed by atoms with Crippen LogP contribution in [0.1, 0.15) is 31.2 Å². The van der Waals surface area contributed by atoms with Crippen molar-refractivity contribution in [1.29, 1.82) is 0 Å².